The summed E-state index contributed by atoms with van der Waals surface area (Å²) < 4.78 is 37.9. The average molecular weight is 483 g/mol. The summed E-state index contributed by atoms with van der Waals surface area (Å²) in [4.78, 5) is 12.8. The Hall–Kier alpha value is -2.24. The lowest BCUT2D eigenvalue weighted by atomic mass is 9.97. The lowest BCUT2D eigenvalue weighted by molar-refractivity contribution is -0.120. The lowest BCUT2D eigenvalue weighted by Crippen LogP contribution is -2.41. The summed E-state index contributed by atoms with van der Waals surface area (Å²) in [6.45, 7) is 4.75. The van der Waals surface area contributed by atoms with E-state index in [2.05, 4.69) is 29.4 Å². The third kappa shape index (κ3) is 5.21. The molecule has 1 amide bonds. The van der Waals surface area contributed by atoms with Crippen LogP contribution in [0.3, 0.4) is 0 Å². The van der Waals surface area contributed by atoms with Crippen molar-refractivity contribution in [3.63, 3.8) is 0 Å². The predicted octanol–water partition coefficient (Wildman–Crippen LogP) is 3.50. The van der Waals surface area contributed by atoms with Crippen molar-refractivity contribution >= 4 is 32.4 Å². The van der Waals surface area contributed by atoms with Gasteiger partial charge in [-0.15, -0.1) is 10.2 Å². The van der Waals surface area contributed by atoms with Crippen molar-refractivity contribution in [2.24, 2.45) is 5.92 Å². The van der Waals surface area contributed by atoms with Gasteiger partial charge in [-0.3, -0.25) is 4.79 Å². The van der Waals surface area contributed by atoms with E-state index in [0.717, 1.165) is 17.8 Å². The summed E-state index contributed by atoms with van der Waals surface area (Å²) in [6, 6.07) is 4.53. The highest BCUT2D eigenvalue weighted by Gasteiger charge is 2.33. The highest BCUT2D eigenvalue weighted by atomic mass is 32.2. The standard InChI is InChI=1S/C21H30N4O5S2/c1-5-14(6-2)20-23-24-21(31-20)22-19(26)15-9-11-25(12-10-15)32(27,28)16-7-8-17(29-3)18(13-16)30-4/h7-8,13-15H,5-6,9-12H2,1-4H3,(H,22,24,26). The minimum absolute atomic E-state index is 0.139. The first kappa shape index (κ1) is 24.4. The molecule has 0 spiro atoms. The first-order valence-corrected chi connectivity index (χ1v) is 13.0. The fraction of sp³-hybridized carbons (Fsp3) is 0.571. The molecule has 3 rings (SSSR count). The number of aromatic nitrogens is 2. The second-order valence-corrected chi connectivity index (χ2v) is 10.6. The summed E-state index contributed by atoms with van der Waals surface area (Å²) in [5, 5.41) is 12.6. The number of benzene rings is 1. The van der Waals surface area contributed by atoms with Gasteiger partial charge >= 0.3 is 0 Å². The highest BCUT2D eigenvalue weighted by Crippen LogP contribution is 2.32. The number of hydrogen-bond acceptors (Lipinski definition) is 8. The fourth-order valence-electron chi connectivity index (χ4n) is 3.78. The molecule has 1 aromatic carbocycles. The van der Waals surface area contributed by atoms with Crippen molar-refractivity contribution in [2.75, 3.05) is 32.6 Å². The zero-order chi connectivity index (χ0) is 23.3. The molecule has 0 bridgehead atoms. The van der Waals surface area contributed by atoms with Gasteiger partial charge in [-0.1, -0.05) is 25.2 Å². The zero-order valence-corrected chi connectivity index (χ0v) is 20.5. The van der Waals surface area contributed by atoms with E-state index in [0.29, 0.717) is 35.4 Å². The average Bonchev–Trinajstić information content (AvgIpc) is 3.27. The molecular formula is C21H30N4O5S2. The van der Waals surface area contributed by atoms with Gasteiger partial charge in [-0.25, -0.2) is 8.42 Å². The molecule has 1 aromatic heterocycles. The number of hydrogen-bond donors (Lipinski definition) is 1. The van der Waals surface area contributed by atoms with Crippen LogP contribution >= 0.6 is 11.3 Å². The smallest absolute Gasteiger partial charge is 0.243 e. The number of sulfonamides is 1. The molecule has 1 aliphatic rings. The number of carbonyl (C=O) groups is 1. The third-order valence-electron chi connectivity index (χ3n) is 5.82. The van der Waals surface area contributed by atoms with E-state index in [-0.39, 0.29) is 29.8 Å². The molecule has 0 radical (unpaired) electrons. The van der Waals surface area contributed by atoms with Gasteiger partial charge < -0.3 is 14.8 Å². The molecule has 0 unspecified atom stereocenters. The van der Waals surface area contributed by atoms with Crippen LogP contribution in [0.15, 0.2) is 23.1 Å². The molecule has 11 heteroatoms. The number of ether oxygens (including phenoxy) is 2. The number of nitrogens with one attached hydrogen (secondary N) is 1. The minimum Gasteiger partial charge on any atom is -0.493 e. The maximum atomic E-state index is 13.1. The summed E-state index contributed by atoms with van der Waals surface area (Å²) in [6.07, 6.45) is 2.84. The Balaban J connectivity index is 1.61. The molecule has 2 aromatic rings. The normalized spacial score (nSPS) is 15.7. The number of piperidine rings is 1. The van der Waals surface area contributed by atoms with Gasteiger partial charge in [0.15, 0.2) is 11.5 Å². The monoisotopic (exact) mass is 482 g/mol. The summed E-state index contributed by atoms with van der Waals surface area (Å²) >= 11 is 1.41. The Morgan fingerprint density at radius 2 is 1.81 bits per heavy atom. The van der Waals surface area contributed by atoms with Crippen molar-refractivity contribution in [3.05, 3.63) is 23.2 Å². The quantitative estimate of drug-likeness (QED) is 0.582. The molecule has 1 saturated heterocycles. The van der Waals surface area contributed by atoms with E-state index < -0.39 is 10.0 Å². The second kappa shape index (κ2) is 10.6. The summed E-state index contributed by atoms with van der Waals surface area (Å²) in [7, 11) is -0.735. The SMILES string of the molecule is CCC(CC)c1nnc(NC(=O)C2CCN(S(=O)(=O)c3ccc(OC)c(OC)c3)CC2)s1. The number of methoxy groups -OCH3 is 2. The molecule has 9 nitrogen and oxygen atoms in total. The van der Waals surface area contributed by atoms with E-state index in [1.807, 2.05) is 0 Å². The van der Waals surface area contributed by atoms with Gasteiger partial charge in [0.25, 0.3) is 0 Å². The highest BCUT2D eigenvalue weighted by molar-refractivity contribution is 7.89. The Bertz CT molecular complexity index is 1030. The number of amides is 1. The molecule has 1 fully saturated rings. The van der Waals surface area contributed by atoms with Crippen LogP contribution in [0.2, 0.25) is 0 Å². The van der Waals surface area contributed by atoms with Crippen LogP contribution in [0.4, 0.5) is 5.13 Å². The largest absolute Gasteiger partial charge is 0.493 e. The van der Waals surface area contributed by atoms with Gasteiger partial charge in [0, 0.05) is 31.0 Å². The van der Waals surface area contributed by atoms with Gasteiger partial charge in [0.2, 0.25) is 21.1 Å². The molecular weight excluding hydrogens is 452 g/mol. The van der Waals surface area contributed by atoms with Crippen LogP contribution in [0.25, 0.3) is 0 Å². The van der Waals surface area contributed by atoms with E-state index in [1.165, 1.54) is 42.0 Å². The molecule has 0 atom stereocenters. The number of rotatable bonds is 9. The maximum Gasteiger partial charge on any atom is 0.243 e. The van der Waals surface area contributed by atoms with Crippen molar-refractivity contribution in [1.82, 2.24) is 14.5 Å². The first-order valence-electron chi connectivity index (χ1n) is 10.7. The van der Waals surface area contributed by atoms with E-state index >= 15 is 0 Å². The van der Waals surface area contributed by atoms with Crippen LogP contribution in [-0.4, -0.2) is 56.1 Å². The molecule has 0 saturated carbocycles. The Labute approximate surface area is 193 Å². The van der Waals surface area contributed by atoms with Crippen LogP contribution in [0, 0.1) is 5.92 Å². The number of nitrogens with zero attached hydrogens (tertiary/aromatic N) is 3. The van der Waals surface area contributed by atoms with Gasteiger partial charge in [0.05, 0.1) is 19.1 Å². The second-order valence-electron chi connectivity index (χ2n) is 7.64. The van der Waals surface area contributed by atoms with Crippen molar-refractivity contribution in [2.45, 2.75) is 50.3 Å². The number of carbonyl (C=O) groups excluding carboxylic acids is 1. The molecule has 0 aliphatic carbocycles. The Morgan fingerprint density at radius 3 is 2.41 bits per heavy atom. The summed E-state index contributed by atoms with van der Waals surface area (Å²) in [5.41, 5.74) is 0. The van der Waals surface area contributed by atoms with Crippen molar-refractivity contribution in [1.29, 1.82) is 0 Å². The van der Waals surface area contributed by atoms with E-state index in [9.17, 15) is 13.2 Å². The van der Waals surface area contributed by atoms with Crippen molar-refractivity contribution in [3.8, 4) is 11.5 Å². The molecule has 32 heavy (non-hydrogen) atoms. The van der Waals surface area contributed by atoms with Crippen LogP contribution in [0.1, 0.15) is 50.5 Å². The van der Waals surface area contributed by atoms with Crippen LogP contribution in [-0.2, 0) is 14.8 Å². The van der Waals surface area contributed by atoms with Crippen LogP contribution in [0.5, 0.6) is 11.5 Å². The molecule has 1 N–H and O–H groups in total. The topological polar surface area (TPSA) is 111 Å². The summed E-state index contributed by atoms with van der Waals surface area (Å²) in [5.74, 6) is 0.759. The Morgan fingerprint density at radius 1 is 1.16 bits per heavy atom. The number of anilines is 1. The van der Waals surface area contributed by atoms with Gasteiger partial charge in [-0.05, 0) is 37.8 Å². The van der Waals surface area contributed by atoms with E-state index in [4.69, 9.17) is 9.47 Å². The van der Waals surface area contributed by atoms with Gasteiger partial charge in [-0.2, -0.15) is 4.31 Å². The third-order valence-corrected chi connectivity index (χ3v) is 8.72. The fourth-order valence-corrected chi connectivity index (χ4v) is 6.28. The zero-order valence-electron chi connectivity index (χ0n) is 18.8. The van der Waals surface area contributed by atoms with Crippen molar-refractivity contribution < 1.29 is 22.7 Å². The molecule has 176 valence electrons. The van der Waals surface area contributed by atoms with Gasteiger partial charge in [0.1, 0.15) is 5.01 Å². The molecule has 2 heterocycles. The van der Waals surface area contributed by atoms with Crippen LogP contribution < -0.4 is 14.8 Å². The maximum absolute atomic E-state index is 13.1. The minimum atomic E-state index is -3.69. The predicted molar refractivity (Wildman–Crippen MR) is 123 cm³/mol. The lowest BCUT2D eigenvalue weighted by Gasteiger charge is -2.30. The first-order chi connectivity index (χ1) is 15.3. The Kier molecular flexibility index (Phi) is 8.07. The van der Waals surface area contributed by atoms with E-state index in [1.54, 1.807) is 6.07 Å². The molecule has 1 aliphatic heterocycles.